The molecule has 10 heteroatoms. The van der Waals surface area contributed by atoms with Crippen LogP contribution in [0.15, 0.2) is 71.6 Å². The normalized spacial score (nSPS) is 12.6. The van der Waals surface area contributed by atoms with Gasteiger partial charge < -0.3 is 19.5 Å². The molecule has 3 aromatic rings. The molecule has 0 saturated heterocycles. The Morgan fingerprint density at radius 3 is 2.53 bits per heavy atom. The van der Waals surface area contributed by atoms with E-state index in [0.29, 0.717) is 44.1 Å². The SMILES string of the molecule is COc1cccc(CCCNC(=O)CN(c2ccc(F)cc2)S(=O)(=O)c2ccc3c(c2)OCCO3)c1. The van der Waals surface area contributed by atoms with Crippen molar-refractivity contribution in [3.8, 4) is 17.2 Å². The number of ether oxygens (including phenoxy) is 3. The van der Waals surface area contributed by atoms with E-state index in [9.17, 15) is 17.6 Å². The third-order valence-electron chi connectivity index (χ3n) is 5.60. The molecule has 0 aromatic heterocycles. The van der Waals surface area contributed by atoms with Crippen LogP contribution < -0.4 is 23.8 Å². The second-order valence-electron chi connectivity index (χ2n) is 8.10. The highest BCUT2D eigenvalue weighted by molar-refractivity contribution is 7.92. The van der Waals surface area contributed by atoms with Gasteiger partial charge in [0.2, 0.25) is 5.91 Å². The molecule has 0 fully saturated rings. The van der Waals surface area contributed by atoms with Crippen molar-refractivity contribution in [2.75, 3.05) is 37.7 Å². The van der Waals surface area contributed by atoms with Gasteiger partial charge in [0.15, 0.2) is 11.5 Å². The average molecular weight is 515 g/mol. The van der Waals surface area contributed by atoms with E-state index >= 15 is 0 Å². The van der Waals surface area contributed by atoms with Crippen molar-refractivity contribution < 1.29 is 31.8 Å². The number of fused-ring (bicyclic) bond motifs is 1. The number of halogens is 1. The minimum absolute atomic E-state index is 0.0677. The predicted octanol–water partition coefficient (Wildman–Crippen LogP) is 3.55. The summed E-state index contributed by atoms with van der Waals surface area (Å²) >= 11 is 0. The van der Waals surface area contributed by atoms with Gasteiger partial charge in [-0.1, -0.05) is 12.1 Å². The van der Waals surface area contributed by atoms with Crippen molar-refractivity contribution in [3.05, 3.63) is 78.1 Å². The van der Waals surface area contributed by atoms with E-state index in [1.54, 1.807) is 7.11 Å². The Balaban J connectivity index is 1.47. The summed E-state index contributed by atoms with van der Waals surface area (Å²) in [5.74, 6) is 0.519. The molecule has 1 amide bonds. The zero-order valence-corrected chi connectivity index (χ0v) is 20.6. The number of amides is 1. The maximum Gasteiger partial charge on any atom is 0.264 e. The number of carbonyl (C=O) groups is 1. The van der Waals surface area contributed by atoms with E-state index in [1.165, 1.54) is 30.3 Å². The van der Waals surface area contributed by atoms with Gasteiger partial charge in [-0.3, -0.25) is 9.10 Å². The fourth-order valence-corrected chi connectivity index (χ4v) is 5.21. The summed E-state index contributed by atoms with van der Waals surface area (Å²) in [6, 6.07) is 16.9. The number of carbonyl (C=O) groups excluding carboxylic acids is 1. The lowest BCUT2D eigenvalue weighted by atomic mass is 10.1. The summed E-state index contributed by atoms with van der Waals surface area (Å²) in [4.78, 5) is 12.7. The van der Waals surface area contributed by atoms with Gasteiger partial charge in [-0.05, 0) is 66.9 Å². The lowest BCUT2D eigenvalue weighted by Gasteiger charge is -2.25. The highest BCUT2D eigenvalue weighted by Crippen LogP contribution is 2.34. The van der Waals surface area contributed by atoms with Gasteiger partial charge in [0.05, 0.1) is 17.7 Å². The molecule has 1 aliphatic heterocycles. The first-order valence-electron chi connectivity index (χ1n) is 11.4. The molecule has 4 rings (SSSR count). The molecular formula is C26H27FN2O6S. The molecule has 1 heterocycles. The van der Waals surface area contributed by atoms with Gasteiger partial charge >= 0.3 is 0 Å². The molecule has 1 aliphatic rings. The molecule has 0 atom stereocenters. The van der Waals surface area contributed by atoms with Crippen LogP contribution in [0, 0.1) is 5.82 Å². The average Bonchev–Trinajstić information content (AvgIpc) is 2.90. The van der Waals surface area contributed by atoms with Crippen LogP contribution in [0.25, 0.3) is 0 Å². The van der Waals surface area contributed by atoms with Crippen LogP contribution in [-0.2, 0) is 21.2 Å². The van der Waals surface area contributed by atoms with Gasteiger partial charge in [0, 0.05) is 12.6 Å². The lowest BCUT2D eigenvalue weighted by Crippen LogP contribution is -2.41. The van der Waals surface area contributed by atoms with Crippen LogP contribution in [-0.4, -0.2) is 47.7 Å². The monoisotopic (exact) mass is 514 g/mol. The molecule has 3 aromatic carbocycles. The number of sulfonamides is 1. The maximum absolute atomic E-state index is 13.6. The minimum atomic E-state index is -4.18. The van der Waals surface area contributed by atoms with Crippen LogP contribution in [0.3, 0.4) is 0 Å². The smallest absolute Gasteiger partial charge is 0.264 e. The number of methoxy groups -OCH3 is 1. The largest absolute Gasteiger partial charge is 0.497 e. The van der Waals surface area contributed by atoms with E-state index in [2.05, 4.69) is 5.32 Å². The Bertz CT molecular complexity index is 1310. The Kier molecular flexibility index (Phi) is 7.94. The number of nitrogens with zero attached hydrogens (tertiary/aromatic N) is 1. The predicted molar refractivity (Wildman–Crippen MR) is 133 cm³/mol. The zero-order valence-electron chi connectivity index (χ0n) is 19.8. The number of hydrogen-bond acceptors (Lipinski definition) is 6. The highest BCUT2D eigenvalue weighted by atomic mass is 32.2. The minimum Gasteiger partial charge on any atom is -0.497 e. The van der Waals surface area contributed by atoms with Gasteiger partial charge in [-0.15, -0.1) is 0 Å². The van der Waals surface area contributed by atoms with Gasteiger partial charge in [-0.2, -0.15) is 0 Å². The van der Waals surface area contributed by atoms with E-state index in [-0.39, 0.29) is 10.6 Å². The molecule has 0 aliphatic carbocycles. The topological polar surface area (TPSA) is 94.2 Å². The van der Waals surface area contributed by atoms with Crippen molar-refractivity contribution in [2.24, 2.45) is 0 Å². The fourth-order valence-electron chi connectivity index (χ4n) is 3.77. The van der Waals surface area contributed by atoms with Gasteiger partial charge in [0.1, 0.15) is 31.3 Å². The first-order chi connectivity index (χ1) is 17.4. The maximum atomic E-state index is 13.6. The Hall–Kier alpha value is -3.79. The van der Waals surface area contributed by atoms with E-state index in [0.717, 1.165) is 27.8 Å². The summed E-state index contributed by atoms with van der Waals surface area (Å²) in [6.45, 7) is 0.564. The summed E-state index contributed by atoms with van der Waals surface area (Å²) in [7, 11) is -2.57. The third-order valence-corrected chi connectivity index (χ3v) is 7.37. The van der Waals surface area contributed by atoms with Crippen LogP contribution in [0.5, 0.6) is 17.2 Å². The first kappa shape index (κ1) is 25.3. The number of benzene rings is 3. The summed E-state index contributed by atoms with van der Waals surface area (Å²) in [5, 5.41) is 2.77. The second-order valence-corrected chi connectivity index (χ2v) is 9.96. The first-order valence-corrected chi connectivity index (χ1v) is 12.9. The molecule has 0 spiro atoms. The molecule has 36 heavy (non-hydrogen) atoms. The van der Waals surface area contributed by atoms with E-state index < -0.39 is 28.3 Å². The van der Waals surface area contributed by atoms with E-state index in [4.69, 9.17) is 14.2 Å². The van der Waals surface area contributed by atoms with Crippen molar-refractivity contribution in [1.82, 2.24) is 5.32 Å². The van der Waals surface area contributed by atoms with E-state index in [1.807, 2.05) is 24.3 Å². The molecule has 8 nitrogen and oxygen atoms in total. The van der Waals surface area contributed by atoms with Crippen LogP contribution in [0.1, 0.15) is 12.0 Å². The molecule has 1 N–H and O–H groups in total. The molecule has 0 saturated carbocycles. The number of anilines is 1. The Morgan fingerprint density at radius 1 is 1.03 bits per heavy atom. The van der Waals surface area contributed by atoms with Crippen LogP contribution in [0.4, 0.5) is 10.1 Å². The number of rotatable bonds is 10. The fraction of sp³-hybridized carbons (Fsp3) is 0.269. The Morgan fingerprint density at radius 2 is 1.78 bits per heavy atom. The standard InChI is InChI=1S/C26H27FN2O6S/c1-33-22-6-2-4-19(16-22)5-3-13-28-26(30)18-29(21-9-7-20(27)8-10-21)36(31,32)23-11-12-24-25(17-23)35-15-14-34-24/h2,4,6-12,16-17H,3,5,13-15,18H2,1H3,(H,28,30). The third kappa shape index (κ3) is 6.06. The molecule has 0 radical (unpaired) electrons. The highest BCUT2D eigenvalue weighted by Gasteiger charge is 2.29. The summed E-state index contributed by atoms with van der Waals surface area (Å²) in [5.41, 5.74) is 1.23. The Labute approximate surface area is 209 Å². The zero-order chi connectivity index (χ0) is 25.5. The van der Waals surface area contributed by atoms with Crippen molar-refractivity contribution in [2.45, 2.75) is 17.7 Å². The molecular weight excluding hydrogens is 487 g/mol. The second kappa shape index (κ2) is 11.3. The lowest BCUT2D eigenvalue weighted by molar-refractivity contribution is -0.119. The number of hydrogen-bond donors (Lipinski definition) is 1. The number of aryl methyl sites for hydroxylation is 1. The van der Waals surface area contributed by atoms with Gasteiger partial charge in [0.25, 0.3) is 10.0 Å². The van der Waals surface area contributed by atoms with Crippen LogP contribution in [0.2, 0.25) is 0 Å². The summed E-state index contributed by atoms with van der Waals surface area (Å²) < 4.78 is 57.8. The molecule has 190 valence electrons. The van der Waals surface area contributed by atoms with Gasteiger partial charge in [-0.25, -0.2) is 12.8 Å². The number of nitrogens with one attached hydrogen (secondary N) is 1. The molecule has 0 bridgehead atoms. The van der Waals surface area contributed by atoms with Crippen molar-refractivity contribution in [3.63, 3.8) is 0 Å². The van der Waals surface area contributed by atoms with Crippen LogP contribution >= 0.6 is 0 Å². The van der Waals surface area contributed by atoms with Crippen molar-refractivity contribution in [1.29, 1.82) is 0 Å². The van der Waals surface area contributed by atoms with Crippen molar-refractivity contribution >= 4 is 21.6 Å². The summed E-state index contributed by atoms with van der Waals surface area (Å²) in [6.07, 6.45) is 1.37. The quantitative estimate of drug-likeness (QED) is 0.416. The molecule has 0 unspecified atom stereocenters.